The first-order valence-electron chi connectivity index (χ1n) is 8.03. The van der Waals surface area contributed by atoms with E-state index in [0.717, 1.165) is 41.3 Å². The van der Waals surface area contributed by atoms with Gasteiger partial charge in [0.05, 0.1) is 10.6 Å². The quantitative estimate of drug-likeness (QED) is 0.686. The fourth-order valence-electron chi connectivity index (χ4n) is 2.48. The van der Waals surface area contributed by atoms with Gasteiger partial charge in [0, 0.05) is 20.1 Å². The molecule has 7 heteroatoms. The summed E-state index contributed by atoms with van der Waals surface area (Å²) in [5.41, 5.74) is 0. The van der Waals surface area contributed by atoms with E-state index in [1.807, 2.05) is 34.0 Å². The highest BCUT2D eigenvalue weighted by molar-refractivity contribution is 7.99. The predicted molar refractivity (Wildman–Crippen MR) is 94.6 cm³/mol. The SMILES string of the molecule is CCCN(CC1CC1)C(=O)CSc1nnc(-c2cccs2)n1C. The molecule has 1 amide bonds. The number of thiophene rings is 1. The first-order chi connectivity index (χ1) is 11.2. The van der Waals surface area contributed by atoms with Gasteiger partial charge >= 0.3 is 0 Å². The van der Waals surface area contributed by atoms with Crippen LogP contribution in [-0.4, -0.2) is 44.4 Å². The number of aromatic nitrogens is 3. The second kappa shape index (κ2) is 7.49. The summed E-state index contributed by atoms with van der Waals surface area (Å²) in [7, 11) is 1.95. The second-order valence-corrected chi connectivity index (χ2v) is 7.80. The van der Waals surface area contributed by atoms with Crippen molar-refractivity contribution in [2.45, 2.75) is 31.3 Å². The lowest BCUT2D eigenvalue weighted by Crippen LogP contribution is -2.35. The minimum absolute atomic E-state index is 0.212. The van der Waals surface area contributed by atoms with Crippen LogP contribution < -0.4 is 0 Å². The van der Waals surface area contributed by atoms with Crippen LogP contribution in [0.4, 0.5) is 0 Å². The Labute approximate surface area is 145 Å². The molecule has 1 aliphatic carbocycles. The van der Waals surface area contributed by atoms with Crippen molar-refractivity contribution in [2.24, 2.45) is 13.0 Å². The molecular weight excluding hydrogens is 328 g/mol. The van der Waals surface area contributed by atoms with E-state index in [1.54, 1.807) is 11.3 Å². The Kier molecular flexibility index (Phi) is 5.38. The Bertz CT molecular complexity index is 649. The highest BCUT2D eigenvalue weighted by Crippen LogP contribution is 2.30. The van der Waals surface area contributed by atoms with Crippen molar-refractivity contribution in [3.05, 3.63) is 17.5 Å². The third-order valence-electron chi connectivity index (χ3n) is 3.92. The number of hydrogen-bond donors (Lipinski definition) is 0. The smallest absolute Gasteiger partial charge is 0.233 e. The fourth-order valence-corrected chi connectivity index (χ4v) is 4.04. The molecule has 3 rings (SSSR count). The molecule has 1 fully saturated rings. The molecule has 0 spiro atoms. The second-order valence-electron chi connectivity index (χ2n) is 5.91. The molecule has 1 saturated carbocycles. The van der Waals surface area contributed by atoms with Gasteiger partial charge in [-0.2, -0.15) is 0 Å². The molecular formula is C16H22N4OS2. The Hall–Kier alpha value is -1.34. The molecule has 0 unspecified atom stereocenters. The molecule has 5 nitrogen and oxygen atoms in total. The van der Waals surface area contributed by atoms with Gasteiger partial charge in [-0.15, -0.1) is 21.5 Å². The minimum Gasteiger partial charge on any atom is -0.342 e. The predicted octanol–water partition coefficient (Wildman–Crippen LogP) is 3.28. The summed E-state index contributed by atoms with van der Waals surface area (Å²) in [5, 5.41) is 11.3. The molecule has 1 aliphatic rings. The van der Waals surface area contributed by atoms with Crippen LogP contribution in [0.5, 0.6) is 0 Å². The van der Waals surface area contributed by atoms with E-state index in [0.29, 0.717) is 5.75 Å². The monoisotopic (exact) mass is 350 g/mol. The van der Waals surface area contributed by atoms with E-state index >= 15 is 0 Å². The Balaban J connectivity index is 1.60. The molecule has 2 aromatic heterocycles. The average Bonchev–Trinajstić information content (AvgIpc) is 3.06. The molecule has 0 radical (unpaired) electrons. The van der Waals surface area contributed by atoms with E-state index in [-0.39, 0.29) is 5.91 Å². The van der Waals surface area contributed by atoms with Crippen molar-refractivity contribution in [3.63, 3.8) is 0 Å². The van der Waals surface area contributed by atoms with Crippen molar-refractivity contribution in [2.75, 3.05) is 18.8 Å². The first kappa shape index (κ1) is 16.5. The summed E-state index contributed by atoms with van der Waals surface area (Å²) in [5.74, 6) is 2.24. The molecule has 2 aromatic rings. The third kappa shape index (κ3) is 4.14. The number of thioether (sulfide) groups is 1. The lowest BCUT2D eigenvalue weighted by Gasteiger charge is -2.21. The van der Waals surface area contributed by atoms with Crippen molar-refractivity contribution < 1.29 is 4.79 Å². The van der Waals surface area contributed by atoms with Gasteiger partial charge in [-0.25, -0.2) is 0 Å². The lowest BCUT2D eigenvalue weighted by atomic mass is 10.3. The summed E-state index contributed by atoms with van der Waals surface area (Å²) in [4.78, 5) is 15.6. The zero-order chi connectivity index (χ0) is 16.2. The van der Waals surface area contributed by atoms with Gasteiger partial charge in [0.2, 0.25) is 5.91 Å². The summed E-state index contributed by atoms with van der Waals surface area (Å²) in [6.07, 6.45) is 3.55. The molecule has 0 aromatic carbocycles. The standard InChI is InChI=1S/C16H22N4OS2/c1-3-8-20(10-12-6-7-12)14(21)11-23-16-18-17-15(19(16)2)13-5-4-9-22-13/h4-5,9,12H,3,6-8,10-11H2,1-2H3. The molecule has 0 atom stereocenters. The van der Waals surface area contributed by atoms with Crippen LogP contribution >= 0.6 is 23.1 Å². The molecule has 124 valence electrons. The van der Waals surface area contributed by atoms with Crippen LogP contribution in [0.2, 0.25) is 0 Å². The number of rotatable bonds is 8. The summed E-state index contributed by atoms with van der Waals surface area (Å²) < 4.78 is 1.97. The van der Waals surface area contributed by atoms with E-state index in [2.05, 4.69) is 17.1 Å². The number of hydrogen-bond acceptors (Lipinski definition) is 5. The highest BCUT2D eigenvalue weighted by Gasteiger charge is 2.26. The average molecular weight is 351 g/mol. The van der Waals surface area contributed by atoms with E-state index < -0.39 is 0 Å². The van der Waals surface area contributed by atoms with Gasteiger partial charge in [-0.3, -0.25) is 4.79 Å². The zero-order valence-corrected chi connectivity index (χ0v) is 15.2. The van der Waals surface area contributed by atoms with Crippen LogP contribution in [0.15, 0.2) is 22.7 Å². The normalized spacial score (nSPS) is 14.2. The molecule has 23 heavy (non-hydrogen) atoms. The van der Waals surface area contributed by atoms with Crippen molar-refractivity contribution >= 4 is 29.0 Å². The molecule has 0 bridgehead atoms. The maximum atomic E-state index is 12.5. The largest absolute Gasteiger partial charge is 0.342 e. The van der Waals surface area contributed by atoms with Gasteiger partial charge in [0.15, 0.2) is 11.0 Å². The van der Waals surface area contributed by atoms with Crippen LogP contribution in [0.1, 0.15) is 26.2 Å². The first-order valence-corrected chi connectivity index (χ1v) is 9.89. The maximum absolute atomic E-state index is 12.5. The van der Waals surface area contributed by atoms with Crippen molar-refractivity contribution in [3.8, 4) is 10.7 Å². The van der Waals surface area contributed by atoms with Crippen LogP contribution in [0.3, 0.4) is 0 Å². The summed E-state index contributed by atoms with van der Waals surface area (Å²) in [6.45, 7) is 3.90. The molecule has 0 N–H and O–H groups in total. The van der Waals surface area contributed by atoms with Gasteiger partial charge in [0.1, 0.15) is 0 Å². The minimum atomic E-state index is 0.212. The van der Waals surface area contributed by atoms with Gasteiger partial charge in [-0.1, -0.05) is 24.8 Å². The van der Waals surface area contributed by atoms with E-state index in [9.17, 15) is 4.79 Å². The van der Waals surface area contributed by atoms with E-state index in [1.165, 1.54) is 24.6 Å². The highest BCUT2D eigenvalue weighted by atomic mass is 32.2. The number of amides is 1. The Morgan fingerprint density at radius 1 is 1.48 bits per heavy atom. The van der Waals surface area contributed by atoms with Gasteiger partial charge in [0.25, 0.3) is 0 Å². The fraction of sp³-hybridized carbons (Fsp3) is 0.562. The summed E-state index contributed by atoms with van der Waals surface area (Å²) >= 11 is 3.12. The molecule has 0 saturated heterocycles. The third-order valence-corrected chi connectivity index (χ3v) is 5.79. The number of carbonyl (C=O) groups is 1. The lowest BCUT2D eigenvalue weighted by molar-refractivity contribution is -0.128. The number of nitrogens with zero attached hydrogens (tertiary/aromatic N) is 4. The zero-order valence-electron chi connectivity index (χ0n) is 13.6. The van der Waals surface area contributed by atoms with Gasteiger partial charge in [-0.05, 0) is 36.6 Å². The van der Waals surface area contributed by atoms with Crippen LogP contribution in [-0.2, 0) is 11.8 Å². The Morgan fingerprint density at radius 3 is 2.96 bits per heavy atom. The van der Waals surface area contributed by atoms with E-state index in [4.69, 9.17) is 0 Å². The topological polar surface area (TPSA) is 51.0 Å². The van der Waals surface area contributed by atoms with Crippen LogP contribution in [0.25, 0.3) is 10.7 Å². The Morgan fingerprint density at radius 2 is 2.30 bits per heavy atom. The van der Waals surface area contributed by atoms with Crippen molar-refractivity contribution in [1.82, 2.24) is 19.7 Å². The maximum Gasteiger partial charge on any atom is 0.233 e. The summed E-state index contributed by atoms with van der Waals surface area (Å²) in [6, 6.07) is 4.04. The van der Waals surface area contributed by atoms with Crippen LogP contribution in [0, 0.1) is 5.92 Å². The molecule has 0 aliphatic heterocycles. The number of carbonyl (C=O) groups excluding carboxylic acids is 1. The molecule has 2 heterocycles. The van der Waals surface area contributed by atoms with Gasteiger partial charge < -0.3 is 9.47 Å². The van der Waals surface area contributed by atoms with Crippen molar-refractivity contribution in [1.29, 1.82) is 0 Å².